The summed E-state index contributed by atoms with van der Waals surface area (Å²) in [7, 11) is 0. The van der Waals surface area contributed by atoms with E-state index in [9.17, 15) is 0 Å². The number of benzene rings is 1. The Labute approximate surface area is 95.0 Å². The van der Waals surface area contributed by atoms with E-state index in [0.29, 0.717) is 25.2 Å². The number of halogens is 1. The Morgan fingerprint density at radius 1 is 1.20 bits per heavy atom. The SMILES string of the molecule is Cl.N[C@@H]1C[C@H]1c1cccc2c1OCCO2. The van der Waals surface area contributed by atoms with Crippen LogP contribution in [0.25, 0.3) is 0 Å². The Balaban J connectivity index is 0.000000853. The average molecular weight is 228 g/mol. The first kappa shape index (κ1) is 10.6. The number of nitrogens with two attached hydrogens (primary N) is 1. The summed E-state index contributed by atoms with van der Waals surface area (Å²) in [5.41, 5.74) is 7.05. The number of rotatable bonds is 1. The highest BCUT2D eigenvalue weighted by Crippen LogP contribution is 2.47. The smallest absolute Gasteiger partial charge is 0.164 e. The molecule has 2 N–H and O–H groups in total. The van der Waals surface area contributed by atoms with E-state index in [1.54, 1.807) is 0 Å². The fourth-order valence-electron chi connectivity index (χ4n) is 1.96. The molecule has 0 amide bonds. The first-order valence-electron chi connectivity index (χ1n) is 5.00. The molecule has 3 nitrogen and oxygen atoms in total. The van der Waals surface area contributed by atoms with Gasteiger partial charge in [0.2, 0.25) is 0 Å². The van der Waals surface area contributed by atoms with Crippen molar-refractivity contribution in [2.24, 2.45) is 5.73 Å². The van der Waals surface area contributed by atoms with Crippen molar-refractivity contribution in [3.63, 3.8) is 0 Å². The van der Waals surface area contributed by atoms with Crippen molar-refractivity contribution in [3.8, 4) is 11.5 Å². The molecule has 1 heterocycles. The third kappa shape index (κ3) is 1.77. The molecular weight excluding hydrogens is 214 g/mol. The Kier molecular flexibility index (Phi) is 2.76. The van der Waals surface area contributed by atoms with Crippen LogP contribution in [0.1, 0.15) is 17.9 Å². The summed E-state index contributed by atoms with van der Waals surface area (Å²) < 4.78 is 11.1. The van der Waals surface area contributed by atoms with E-state index in [1.165, 1.54) is 5.56 Å². The zero-order valence-corrected chi connectivity index (χ0v) is 9.13. The second-order valence-corrected chi connectivity index (χ2v) is 3.88. The normalized spacial score (nSPS) is 26.7. The Hall–Kier alpha value is -0.930. The number of fused-ring (bicyclic) bond motifs is 1. The van der Waals surface area contributed by atoms with Gasteiger partial charge in [0, 0.05) is 17.5 Å². The molecule has 2 atom stereocenters. The van der Waals surface area contributed by atoms with E-state index < -0.39 is 0 Å². The molecule has 82 valence electrons. The Morgan fingerprint density at radius 2 is 1.93 bits per heavy atom. The summed E-state index contributed by atoms with van der Waals surface area (Å²) in [5, 5.41) is 0. The van der Waals surface area contributed by atoms with E-state index >= 15 is 0 Å². The quantitative estimate of drug-likeness (QED) is 0.794. The van der Waals surface area contributed by atoms with Crippen molar-refractivity contribution < 1.29 is 9.47 Å². The standard InChI is InChI=1S/C11H13NO2.ClH/c12-9-6-8(9)7-2-1-3-10-11(7)14-5-4-13-10;/h1-3,8-9H,4-6,12H2;1H/t8-,9+;/m0./s1. The van der Waals surface area contributed by atoms with Crippen LogP contribution >= 0.6 is 12.4 Å². The highest BCUT2D eigenvalue weighted by atomic mass is 35.5. The second-order valence-electron chi connectivity index (χ2n) is 3.88. The predicted molar refractivity (Wildman–Crippen MR) is 60.0 cm³/mol. The third-order valence-corrected chi connectivity index (χ3v) is 2.84. The number of hydrogen-bond acceptors (Lipinski definition) is 3. The van der Waals surface area contributed by atoms with Gasteiger partial charge in [0.15, 0.2) is 11.5 Å². The monoisotopic (exact) mass is 227 g/mol. The second kappa shape index (κ2) is 3.91. The van der Waals surface area contributed by atoms with Gasteiger partial charge < -0.3 is 15.2 Å². The lowest BCUT2D eigenvalue weighted by Crippen LogP contribution is -2.16. The maximum Gasteiger partial charge on any atom is 0.164 e. The molecule has 1 saturated carbocycles. The van der Waals surface area contributed by atoms with Gasteiger partial charge in [-0.3, -0.25) is 0 Å². The summed E-state index contributed by atoms with van der Waals surface area (Å²) in [5.74, 6) is 2.26. The largest absolute Gasteiger partial charge is 0.486 e. The molecule has 15 heavy (non-hydrogen) atoms. The predicted octanol–water partition coefficient (Wildman–Crippen LogP) is 1.69. The van der Waals surface area contributed by atoms with Crippen molar-refractivity contribution in [1.29, 1.82) is 0 Å². The van der Waals surface area contributed by atoms with Crippen LogP contribution in [0.3, 0.4) is 0 Å². The van der Waals surface area contributed by atoms with Crippen LogP contribution < -0.4 is 15.2 Å². The molecule has 4 heteroatoms. The van der Waals surface area contributed by atoms with Gasteiger partial charge in [-0.25, -0.2) is 0 Å². The molecule has 1 aromatic rings. The van der Waals surface area contributed by atoms with E-state index in [-0.39, 0.29) is 12.4 Å². The molecule has 0 radical (unpaired) electrons. The van der Waals surface area contributed by atoms with Gasteiger partial charge >= 0.3 is 0 Å². The molecule has 1 aromatic carbocycles. The van der Waals surface area contributed by atoms with Gasteiger partial charge in [0.05, 0.1) is 0 Å². The Bertz CT molecular complexity index is 370. The van der Waals surface area contributed by atoms with Crippen LogP contribution in [-0.2, 0) is 0 Å². The molecule has 0 bridgehead atoms. The third-order valence-electron chi connectivity index (χ3n) is 2.84. The molecule has 1 fully saturated rings. The molecular formula is C11H14ClNO2. The summed E-state index contributed by atoms with van der Waals surface area (Å²) in [6, 6.07) is 6.36. The van der Waals surface area contributed by atoms with E-state index in [0.717, 1.165) is 17.9 Å². The van der Waals surface area contributed by atoms with E-state index in [1.807, 2.05) is 12.1 Å². The van der Waals surface area contributed by atoms with Gasteiger partial charge in [-0.2, -0.15) is 0 Å². The van der Waals surface area contributed by atoms with Crippen molar-refractivity contribution >= 4 is 12.4 Å². The molecule has 1 aliphatic carbocycles. The van der Waals surface area contributed by atoms with E-state index in [4.69, 9.17) is 15.2 Å². The molecule has 3 rings (SSSR count). The molecule has 0 spiro atoms. The van der Waals surface area contributed by atoms with Crippen LogP contribution in [0.5, 0.6) is 11.5 Å². The first-order valence-corrected chi connectivity index (χ1v) is 5.00. The zero-order chi connectivity index (χ0) is 9.54. The highest BCUT2D eigenvalue weighted by molar-refractivity contribution is 5.85. The van der Waals surface area contributed by atoms with Crippen LogP contribution in [0, 0.1) is 0 Å². The minimum atomic E-state index is 0. The highest BCUT2D eigenvalue weighted by Gasteiger charge is 2.38. The molecule has 0 unspecified atom stereocenters. The lowest BCUT2D eigenvalue weighted by Gasteiger charge is -2.20. The summed E-state index contributed by atoms with van der Waals surface area (Å²) >= 11 is 0. The minimum absolute atomic E-state index is 0. The lowest BCUT2D eigenvalue weighted by molar-refractivity contribution is 0.170. The summed E-state index contributed by atoms with van der Waals surface area (Å²) in [6.45, 7) is 1.29. The van der Waals surface area contributed by atoms with E-state index in [2.05, 4.69) is 6.07 Å². The van der Waals surface area contributed by atoms with Crippen molar-refractivity contribution in [1.82, 2.24) is 0 Å². The topological polar surface area (TPSA) is 44.5 Å². The molecule has 1 aliphatic heterocycles. The van der Waals surface area contributed by atoms with Gasteiger partial charge in [-0.05, 0) is 12.5 Å². The first-order chi connectivity index (χ1) is 6.86. The molecule has 0 saturated heterocycles. The van der Waals surface area contributed by atoms with Gasteiger partial charge in [-0.1, -0.05) is 12.1 Å². The van der Waals surface area contributed by atoms with Gasteiger partial charge in [0.25, 0.3) is 0 Å². The number of hydrogen-bond donors (Lipinski definition) is 1. The Morgan fingerprint density at radius 3 is 2.67 bits per heavy atom. The number of para-hydroxylation sites is 1. The van der Waals surface area contributed by atoms with Crippen LogP contribution in [0.2, 0.25) is 0 Å². The van der Waals surface area contributed by atoms with Crippen molar-refractivity contribution in [3.05, 3.63) is 23.8 Å². The molecule has 0 aromatic heterocycles. The van der Waals surface area contributed by atoms with Gasteiger partial charge in [-0.15, -0.1) is 12.4 Å². The maximum atomic E-state index is 5.84. The van der Waals surface area contributed by atoms with Crippen LogP contribution in [0.15, 0.2) is 18.2 Å². The van der Waals surface area contributed by atoms with Crippen molar-refractivity contribution in [2.75, 3.05) is 13.2 Å². The zero-order valence-electron chi connectivity index (χ0n) is 8.31. The van der Waals surface area contributed by atoms with Gasteiger partial charge in [0.1, 0.15) is 13.2 Å². The minimum Gasteiger partial charge on any atom is -0.486 e. The number of ether oxygens (including phenoxy) is 2. The maximum absolute atomic E-state index is 5.84. The lowest BCUT2D eigenvalue weighted by atomic mass is 10.1. The fraction of sp³-hybridized carbons (Fsp3) is 0.455. The fourth-order valence-corrected chi connectivity index (χ4v) is 1.96. The van der Waals surface area contributed by atoms with Crippen LogP contribution in [0.4, 0.5) is 0 Å². The average Bonchev–Trinajstić information content (AvgIpc) is 2.95. The summed E-state index contributed by atoms with van der Waals surface area (Å²) in [4.78, 5) is 0. The van der Waals surface area contributed by atoms with Crippen LogP contribution in [-0.4, -0.2) is 19.3 Å². The summed E-state index contributed by atoms with van der Waals surface area (Å²) in [6.07, 6.45) is 1.07. The van der Waals surface area contributed by atoms with Crippen molar-refractivity contribution in [2.45, 2.75) is 18.4 Å². The molecule has 2 aliphatic rings.